The molecule has 0 atom stereocenters. The predicted molar refractivity (Wildman–Crippen MR) is 251 cm³/mol. The maximum absolute atomic E-state index is 7.16. The van der Waals surface area contributed by atoms with E-state index in [4.69, 9.17) is 28.4 Å². The van der Waals surface area contributed by atoms with E-state index in [0.29, 0.717) is 78.2 Å². The molecule has 322 valence electrons. The van der Waals surface area contributed by atoms with Crippen LogP contribution in [0.15, 0.2) is 121 Å². The summed E-state index contributed by atoms with van der Waals surface area (Å²) in [6, 6.07) is 44.3. The molecule has 0 spiro atoms. The highest BCUT2D eigenvalue weighted by Crippen LogP contribution is 2.42. The highest BCUT2D eigenvalue weighted by molar-refractivity contribution is 5.58. The average Bonchev–Trinajstić information content (AvgIpc) is 3.35. The minimum atomic E-state index is 0.374. The molecule has 4 heterocycles. The fraction of sp³-hybridized carbons (Fsp3) is 0.276. The lowest BCUT2D eigenvalue weighted by atomic mass is 9.91. The molecule has 12 bridgehead atoms. The molecule has 0 fully saturated rings. The van der Waals surface area contributed by atoms with E-state index >= 15 is 0 Å². The zero-order chi connectivity index (χ0) is 43.0. The van der Waals surface area contributed by atoms with Gasteiger partial charge < -0.3 is 28.4 Å². The Balaban J connectivity index is 1.22. The van der Waals surface area contributed by atoms with Crippen molar-refractivity contribution in [1.29, 1.82) is 0 Å². The van der Waals surface area contributed by atoms with Crippen LogP contribution < -0.4 is 28.4 Å². The number of hydrogen-bond donors (Lipinski definition) is 0. The summed E-state index contributed by atoms with van der Waals surface area (Å²) < 4.78 is 42.1. The van der Waals surface area contributed by atoms with Crippen molar-refractivity contribution in [2.24, 2.45) is 0 Å². The standard InChI is InChI=1S/C58H54O6/c1-3-23-59-53-37-11-5-12-38(53)26-42-16-8-20-46-30-48-22-10-18-44-28-40-14-6-13-39(54(40)60-24-4-2)27-43-17-9-21-47-29-45-19-7-15-41(25-37)55(45)61-33-49-31-50(34-62-56(42)46)52(36-64-58(44)48)32-51(49)35-63-57(43)47/h5-22,31-32H,3-4,23-30,33-36H2,1-2H3. The molecule has 6 nitrogen and oxygen atoms in total. The van der Waals surface area contributed by atoms with E-state index in [2.05, 4.69) is 135 Å². The molecular formula is C58H54O6. The van der Waals surface area contributed by atoms with Crippen LogP contribution >= 0.6 is 0 Å². The Morgan fingerprint density at radius 1 is 0.312 bits per heavy atom. The lowest BCUT2D eigenvalue weighted by Crippen LogP contribution is -2.12. The maximum atomic E-state index is 7.16. The molecule has 4 aliphatic rings. The smallest absolute Gasteiger partial charge is 0.126 e. The van der Waals surface area contributed by atoms with Gasteiger partial charge in [-0.1, -0.05) is 123 Å². The van der Waals surface area contributed by atoms with Crippen molar-refractivity contribution in [3.8, 4) is 34.5 Å². The topological polar surface area (TPSA) is 55.4 Å². The van der Waals surface area contributed by atoms with Gasteiger partial charge in [-0.05, 0) is 114 Å². The number of hydrogen-bond acceptors (Lipinski definition) is 6. The van der Waals surface area contributed by atoms with Gasteiger partial charge in [0.05, 0.1) is 13.2 Å². The third-order valence-corrected chi connectivity index (χ3v) is 13.3. The van der Waals surface area contributed by atoms with Crippen molar-refractivity contribution in [2.75, 3.05) is 13.2 Å². The van der Waals surface area contributed by atoms with Crippen LogP contribution in [0, 0.1) is 0 Å². The summed E-state index contributed by atoms with van der Waals surface area (Å²) in [5.74, 6) is 5.54. The lowest BCUT2D eigenvalue weighted by molar-refractivity contribution is 0.273. The summed E-state index contributed by atoms with van der Waals surface area (Å²) in [7, 11) is 0. The zero-order valence-corrected chi connectivity index (χ0v) is 36.9. The Labute approximate surface area is 376 Å². The summed E-state index contributed by atoms with van der Waals surface area (Å²) in [4.78, 5) is 0. The SMILES string of the molecule is CCCOc1c2cccc1Cc1cccc3c1OCc1cc4c5cc1COc1c(cccc1C3)Cc1cccc(c1OCCC)Cc1cccc(c1OC5)Cc1cccc(c1OC4)C2. The highest BCUT2D eigenvalue weighted by atomic mass is 16.5. The van der Waals surface area contributed by atoms with Crippen molar-refractivity contribution in [3.05, 3.63) is 210 Å². The molecule has 0 aliphatic carbocycles. The first-order valence-electron chi connectivity index (χ1n) is 23.1. The molecule has 0 radical (unpaired) electrons. The first-order chi connectivity index (χ1) is 31.6. The normalized spacial score (nSPS) is 14.5. The molecular weight excluding hydrogens is 793 g/mol. The predicted octanol–water partition coefficient (Wildman–Crippen LogP) is 12.4. The van der Waals surface area contributed by atoms with Gasteiger partial charge >= 0.3 is 0 Å². The Kier molecular flexibility index (Phi) is 11.0. The largest absolute Gasteiger partial charge is 0.493 e. The molecule has 7 aromatic rings. The van der Waals surface area contributed by atoms with E-state index in [1.54, 1.807) is 0 Å². The number of para-hydroxylation sites is 6. The van der Waals surface area contributed by atoms with Crippen LogP contribution in [0.2, 0.25) is 0 Å². The Morgan fingerprint density at radius 2 is 0.531 bits per heavy atom. The minimum Gasteiger partial charge on any atom is -0.493 e. The van der Waals surface area contributed by atoms with Gasteiger partial charge in [-0.25, -0.2) is 0 Å². The second-order valence-electron chi connectivity index (χ2n) is 17.7. The van der Waals surface area contributed by atoms with E-state index in [9.17, 15) is 0 Å². The lowest BCUT2D eigenvalue weighted by Gasteiger charge is -2.22. The molecule has 0 unspecified atom stereocenters. The Hall–Kier alpha value is -6.66. The van der Waals surface area contributed by atoms with Crippen molar-refractivity contribution >= 4 is 0 Å². The molecule has 0 aromatic heterocycles. The van der Waals surface area contributed by atoms with E-state index in [1.165, 1.54) is 0 Å². The third-order valence-electron chi connectivity index (χ3n) is 13.3. The average molecular weight is 847 g/mol. The maximum Gasteiger partial charge on any atom is 0.126 e. The number of rotatable bonds is 6. The fourth-order valence-electron chi connectivity index (χ4n) is 10.2. The molecule has 0 N–H and O–H groups in total. The van der Waals surface area contributed by atoms with Gasteiger partial charge in [0.1, 0.15) is 60.9 Å². The molecule has 0 saturated heterocycles. The van der Waals surface area contributed by atoms with Crippen LogP contribution in [0.5, 0.6) is 34.5 Å². The molecule has 0 amide bonds. The minimum absolute atomic E-state index is 0.374. The first-order valence-corrected chi connectivity index (χ1v) is 23.1. The second-order valence-corrected chi connectivity index (χ2v) is 17.7. The summed E-state index contributed by atoms with van der Waals surface area (Å²) >= 11 is 0. The van der Waals surface area contributed by atoms with Crippen LogP contribution in [-0.2, 0) is 65.0 Å². The van der Waals surface area contributed by atoms with E-state index in [-0.39, 0.29) is 0 Å². The summed E-state index contributed by atoms with van der Waals surface area (Å²) in [5.41, 5.74) is 17.9. The van der Waals surface area contributed by atoms with Gasteiger partial charge in [0.2, 0.25) is 0 Å². The second kappa shape index (κ2) is 17.5. The van der Waals surface area contributed by atoms with E-state index in [0.717, 1.165) is 136 Å². The molecule has 0 saturated carbocycles. The quantitative estimate of drug-likeness (QED) is 0.166. The van der Waals surface area contributed by atoms with E-state index in [1.807, 2.05) is 0 Å². The van der Waals surface area contributed by atoms with Crippen LogP contribution in [0.1, 0.15) is 116 Å². The zero-order valence-electron chi connectivity index (χ0n) is 36.9. The summed E-state index contributed by atoms with van der Waals surface area (Å²) in [6.07, 6.45) is 5.76. The Bertz CT molecular complexity index is 2520. The van der Waals surface area contributed by atoms with Gasteiger partial charge in [0, 0.05) is 38.5 Å². The Morgan fingerprint density at radius 3 is 0.766 bits per heavy atom. The highest BCUT2D eigenvalue weighted by Gasteiger charge is 2.26. The van der Waals surface area contributed by atoms with Gasteiger partial charge in [0.15, 0.2) is 0 Å². The van der Waals surface area contributed by atoms with Crippen LogP contribution in [-0.4, -0.2) is 13.2 Å². The van der Waals surface area contributed by atoms with Gasteiger partial charge in [0.25, 0.3) is 0 Å². The molecule has 4 aliphatic heterocycles. The van der Waals surface area contributed by atoms with Crippen LogP contribution in [0.3, 0.4) is 0 Å². The molecule has 7 aromatic carbocycles. The fourth-order valence-corrected chi connectivity index (χ4v) is 10.2. The number of benzene rings is 7. The molecule has 6 heteroatoms. The van der Waals surface area contributed by atoms with E-state index < -0.39 is 0 Å². The van der Waals surface area contributed by atoms with Gasteiger partial charge in [-0.2, -0.15) is 0 Å². The van der Waals surface area contributed by atoms with Crippen molar-refractivity contribution in [3.63, 3.8) is 0 Å². The molecule has 11 rings (SSSR count). The van der Waals surface area contributed by atoms with Gasteiger partial charge in [-0.3, -0.25) is 0 Å². The van der Waals surface area contributed by atoms with Crippen molar-refractivity contribution in [1.82, 2.24) is 0 Å². The third kappa shape index (κ3) is 7.74. The number of ether oxygens (including phenoxy) is 6. The molecule has 64 heavy (non-hydrogen) atoms. The van der Waals surface area contributed by atoms with Crippen molar-refractivity contribution < 1.29 is 28.4 Å². The van der Waals surface area contributed by atoms with Crippen molar-refractivity contribution in [2.45, 2.75) is 91.6 Å². The summed E-state index contributed by atoms with van der Waals surface area (Å²) in [5, 5.41) is 0. The summed E-state index contributed by atoms with van der Waals surface area (Å²) in [6.45, 7) is 7.09. The number of fused-ring (bicyclic) bond motifs is 8. The first kappa shape index (κ1) is 40.1. The van der Waals surface area contributed by atoms with Crippen LogP contribution in [0.25, 0.3) is 0 Å². The van der Waals surface area contributed by atoms with Crippen LogP contribution in [0.4, 0.5) is 0 Å². The monoisotopic (exact) mass is 846 g/mol. The van der Waals surface area contributed by atoms with Gasteiger partial charge in [-0.15, -0.1) is 0 Å².